The van der Waals surface area contributed by atoms with Crippen molar-refractivity contribution in [2.24, 2.45) is 0 Å². The molecule has 11 aromatic rings. The maximum absolute atomic E-state index is 2.61. The topological polar surface area (TPSA) is 0 Å². The zero-order valence-corrected chi connectivity index (χ0v) is 33.9. The highest BCUT2D eigenvalue weighted by atomic mass is 28.3. The molecule has 11 aromatic carbocycles. The number of benzene rings is 11. The molecule has 1 heterocycles. The van der Waals surface area contributed by atoms with Gasteiger partial charge in [-0.2, -0.15) is 0 Å². The summed E-state index contributed by atoms with van der Waals surface area (Å²) in [7, 11) is -2.07. The molecule has 0 spiro atoms. The molecule has 1 aliphatic heterocycles. The molecule has 12 rings (SSSR count). The Morgan fingerprint density at radius 1 is 0.328 bits per heavy atom. The number of hydrogen-bond donors (Lipinski definition) is 0. The molecule has 0 amide bonds. The predicted molar refractivity (Wildman–Crippen MR) is 255 cm³/mol. The third kappa shape index (κ3) is 4.62. The molecule has 0 atom stereocenters. The fourth-order valence-electron chi connectivity index (χ4n) is 10.9. The third-order valence-corrected chi connectivity index (χ3v) is 17.0. The summed E-state index contributed by atoms with van der Waals surface area (Å²) in [6, 6.07) is 70.9. The van der Waals surface area contributed by atoms with Crippen molar-refractivity contribution in [2.75, 3.05) is 0 Å². The van der Waals surface area contributed by atoms with Crippen molar-refractivity contribution in [1.29, 1.82) is 0 Å². The molecule has 272 valence electrons. The number of hydrogen-bond acceptors (Lipinski definition) is 0. The van der Waals surface area contributed by atoms with Crippen LogP contribution in [0.5, 0.6) is 0 Å². The maximum Gasteiger partial charge on any atom is 0.114 e. The summed E-state index contributed by atoms with van der Waals surface area (Å²) < 4.78 is 0. The molecule has 0 fully saturated rings. The molecule has 0 saturated carbocycles. The van der Waals surface area contributed by atoms with Crippen molar-refractivity contribution in [3.05, 3.63) is 194 Å². The van der Waals surface area contributed by atoms with E-state index in [-0.39, 0.29) is 0 Å². The van der Waals surface area contributed by atoms with Crippen LogP contribution >= 0.6 is 0 Å². The van der Waals surface area contributed by atoms with Gasteiger partial charge in [-0.3, -0.25) is 0 Å². The molecule has 58 heavy (non-hydrogen) atoms. The van der Waals surface area contributed by atoms with Gasteiger partial charge < -0.3 is 0 Å². The van der Waals surface area contributed by atoms with Crippen molar-refractivity contribution in [1.82, 2.24) is 0 Å². The van der Waals surface area contributed by atoms with Crippen LogP contribution in [-0.2, 0) is 0 Å². The first kappa shape index (κ1) is 33.3. The Hall–Kier alpha value is -6.80. The van der Waals surface area contributed by atoms with Gasteiger partial charge in [-0.25, -0.2) is 0 Å². The van der Waals surface area contributed by atoms with Crippen LogP contribution in [0.4, 0.5) is 0 Å². The number of aryl methyl sites for hydroxylation is 1. The fraction of sp³-hybridized carbons (Fsp3) is 0.0526. The highest BCUT2D eigenvalue weighted by Gasteiger charge is 2.40. The van der Waals surface area contributed by atoms with Gasteiger partial charge in [0, 0.05) is 0 Å². The Balaban J connectivity index is 1.36. The van der Waals surface area contributed by atoms with Crippen molar-refractivity contribution in [3.8, 4) is 44.5 Å². The lowest BCUT2D eigenvalue weighted by atomic mass is 9.79. The van der Waals surface area contributed by atoms with Crippen LogP contribution in [0.25, 0.3) is 109 Å². The Morgan fingerprint density at radius 2 is 0.862 bits per heavy atom. The summed E-state index contributed by atoms with van der Waals surface area (Å²) in [6.07, 6.45) is 0. The largest absolute Gasteiger partial charge is 0.114 e. The Kier molecular flexibility index (Phi) is 7.10. The maximum atomic E-state index is 2.61. The quantitative estimate of drug-likeness (QED) is 0.0958. The fourth-order valence-corrected chi connectivity index (χ4v) is 14.5. The second-order valence-corrected chi connectivity index (χ2v) is 21.1. The Morgan fingerprint density at radius 3 is 1.52 bits per heavy atom. The van der Waals surface area contributed by atoms with Crippen LogP contribution < -0.4 is 10.4 Å². The zero-order valence-electron chi connectivity index (χ0n) is 32.9. The van der Waals surface area contributed by atoms with E-state index in [1.807, 2.05) is 0 Å². The van der Waals surface area contributed by atoms with E-state index < -0.39 is 8.07 Å². The van der Waals surface area contributed by atoms with Gasteiger partial charge in [-0.15, -0.1) is 0 Å². The van der Waals surface area contributed by atoms with Crippen LogP contribution in [0.3, 0.4) is 0 Å². The van der Waals surface area contributed by atoms with Gasteiger partial charge in [-0.05, 0) is 156 Å². The zero-order chi connectivity index (χ0) is 38.7. The van der Waals surface area contributed by atoms with E-state index in [9.17, 15) is 0 Å². The molecule has 0 aromatic heterocycles. The van der Waals surface area contributed by atoms with Gasteiger partial charge in [0.15, 0.2) is 0 Å². The molecule has 0 radical (unpaired) electrons. The van der Waals surface area contributed by atoms with Crippen molar-refractivity contribution in [3.63, 3.8) is 0 Å². The lowest BCUT2D eigenvalue weighted by molar-refractivity contribution is 1.56. The van der Waals surface area contributed by atoms with Gasteiger partial charge in [0.05, 0.1) is 0 Å². The standard InChI is InChI=1S/C57H40Si/c1-35-54-52(34-51-46-27-15-16-28-53(46)58(2,3)57(35)51)55(48-32-38-19-7-9-21-40(38)42-23-11-13-25-44(42)48)47-30-29-37(36-17-5-4-6-18-36)31-50(47)56(54)49-33-39-20-8-10-22-41(39)43-24-12-14-26-45(43)49/h4-34H,1-3H3. The van der Waals surface area contributed by atoms with Crippen molar-refractivity contribution >= 4 is 83.1 Å². The summed E-state index contributed by atoms with van der Waals surface area (Å²) in [5.74, 6) is 0. The summed E-state index contributed by atoms with van der Waals surface area (Å²) >= 11 is 0. The second kappa shape index (κ2) is 12.3. The van der Waals surface area contributed by atoms with Crippen LogP contribution in [0, 0.1) is 6.92 Å². The van der Waals surface area contributed by atoms with E-state index in [0.717, 1.165) is 0 Å². The van der Waals surface area contributed by atoms with E-state index in [1.165, 1.54) is 120 Å². The summed E-state index contributed by atoms with van der Waals surface area (Å²) in [6.45, 7) is 7.57. The van der Waals surface area contributed by atoms with Gasteiger partial charge in [-0.1, -0.05) is 177 Å². The number of rotatable bonds is 3. The molecular formula is C57H40Si. The van der Waals surface area contributed by atoms with E-state index in [0.29, 0.717) is 0 Å². The molecule has 0 aliphatic carbocycles. The van der Waals surface area contributed by atoms with E-state index in [4.69, 9.17) is 0 Å². The molecule has 0 N–H and O–H groups in total. The normalized spacial score (nSPS) is 13.2. The van der Waals surface area contributed by atoms with Crippen LogP contribution in [0.15, 0.2) is 188 Å². The minimum atomic E-state index is -2.07. The van der Waals surface area contributed by atoms with Crippen LogP contribution in [0.2, 0.25) is 13.1 Å². The highest BCUT2D eigenvalue weighted by Crippen LogP contribution is 2.51. The smallest absolute Gasteiger partial charge is 0.0623 e. The second-order valence-electron chi connectivity index (χ2n) is 16.8. The lowest BCUT2D eigenvalue weighted by Gasteiger charge is -2.26. The van der Waals surface area contributed by atoms with Crippen LogP contribution in [-0.4, -0.2) is 8.07 Å². The molecule has 0 unspecified atom stereocenters. The van der Waals surface area contributed by atoms with Gasteiger partial charge >= 0.3 is 0 Å². The molecule has 1 aliphatic rings. The molecule has 1 heteroatoms. The average molecular weight is 753 g/mol. The van der Waals surface area contributed by atoms with Gasteiger partial charge in [0.2, 0.25) is 0 Å². The SMILES string of the molecule is Cc1c2c(cc3c(-c4cc5ccccc5c5ccccc45)c4ccc(-c5ccccc5)cc4c(-c4cc5ccccc5c5ccccc45)c13)-c1ccccc1[Si]2(C)C. The van der Waals surface area contributed by atoms with Crippen LogP contribution in [0.1, 0.15) is 5.56 Å². The summed E-state index contributed by atoms with van der Waals surface area (Å²) in [5.41, 5.74) is 11.9. The van der Waals surface area contributed by atoms with E-state index in [1.54, 1.807) is 5.19 Å². The average Bonchev–Trinajstić information content (AvgIpc) is 3.51. The van der Waals surface area contributed by atoms with Crippen molar-refractivity contribution < 1.29 is 0 Å². The molecule has 0 nitrogen and oxygen atoms in total. The minimum Gasteiger partial charge on any atom is -0.0623 e. The molecule has 0 bridgehead atoms. The first-order valence-corrected chi connectivity index (χ1v) is 23.5. The summed E-state index contributed by atoms with van der Waals surface area (Å²) in [5, 5.41) is 18.6. The van der Waals surface area contributed by atoms with E-state index in [2.05, 4.69) is 208 Å². The van der Waals surface area contributed by atoms with Gasteiger partial charge in [0.25, 0.3) is 0 Å². The first-order valence-electron chi connectivity index (χ1n) is 20.5. The monoisotopic (exact) mass is 752 g/mol. The van der Waals surface area contributed by atoms with Crippen molar-refractivity contribution in [2.45, 2.75) is 20.0 Å². The Bertz CT molecular complexity index is 3540. The number of fused-ring (bicyclic) bond motifs is 11. The summed E-state index contributed by atoms with van der Waals surface area (Å²) in [4.78, 5) is 0. The minimum absolute atomic E-state index is 1.23. The van der Waals surface area contributed by atoms with E-state index >= 15 is 0 Å². The Labute approximate surface area is 339 Å². The third-order valence-electron chi connectivity index (χ3n) is 13.4. The predicted octanol–water partition coefficient (Wildman–Crippen LogP) is 14.7. The first-order chi connectivity index (χ1) is 28.5. The lowest BCUT2D eigenvalue weighted by Crippen LogP contribution is -2.50. The highest BCUT2D eigenvalue weighted by molar-refractivity contribution is 7.04. The molecular weight excluding hydrogens is 713 g/mol. The molecule has 0 saturated heterocycles. The van der Waals surface area contributed by atoms with Gasteiger partial charge in [0.1, 0.15) is 8.07 Å².